The summed E-state index contributed by atoms with van der Waals surface area (Å²) in [6.45, 7) is 1.28. The van der Waals surface area contributed by atoms with Crippen molar-refractivity contribution in [2.75, 3.05) is 18.0 Å². The Hall–Kier alpha value is -1.01. The maximum Gasteiger partial charge on any atom is 0.417 e. The van der Waals surface area contributed by atoms with Crippen LogP contribution in [0, 0.1) is 0 Å². The van der Waals surface area contributed by atoms with E-state index in [1.54, 1.807) is 0 Å². The average Bonchev–Trinajstić information content (AvgIpc) is 2.27. The Morgan fingerprint density at radius 1 is 1.44 bits per heavy atom. The fourth-order valence-corrected chi connectivity index (χ4v) is 2.31. The summed E-state index contributed by atoms with van der Waals surface area (Å²) in [7, 11) is 0. The van der Waals surface area contributed by atoms with Gasteiger partial charge in [0, 0.05) is 25.3 Å². The molecule has 1 aliphatic rings. The third kappa shape index (κ3) is 2.87. The van der Waals surface area contributed by atoms with Crippen molar-refractivity contribution < 1.29 is 13.2 Å². The number of alkyl halides is 3. The summed E-state index contributed by atoms with van der Waals surface area (Å²) in [4.78, 5) is 5.65. The van der Waals surface area contributed by atoms with Gasteiger partial charge in [-0.1, -0.05) is 11.6 Å². The first-order valence-electron chi connectivity index (χ1n) is 5.61. The molecule has 1 atom stereocenters. The molecule has 0 aliphatic carbocycles. The molecule has 2 heterocycles. The number of piperidine rings is 1. The highest BCUT2D eigenvalue weighted by atomic mass is 35.5. The van der Waals surface area contributed by atoms with Crippen LogP contribution < -0.4 is 10.6 Å². The van der Waals surface area contributed by atoms with E-state index in [0.29, 0.717) is 18.9 Å². The second-order valence-electron chi connectivity index (χ2n) is 4.38. The molecule has 100 valence electrons. The number of aromatic nitrogens is 1. The summed E-state index contributed by atoms with van der Waals surface area (Å²) in [6.07, 6.45) is -1.82. The van der Waals surface area contributed by atoms with Crippen LogP contribution in [0.15, 0.2) is 12.3 Å². The number of halogens is 4. The molecule has 0 unspecified atom stereocenters. The third-order valence-electron chi connectivity index (χ3n) is 2.91. The molecule has 7 heteroatoms. The van der Waals surface area contributed by atoms with Crippen molar-refractivity contribution in [3.05, 3.63) is 22.8 Å². The lowest BCUT2D eigenvalue weighted by molar-refractivity contribution is -0.137. The van der Waals surface area contributed by atoms with Crippen LogP contribution in [0.5, 0.6) is 0 Å². The molecular weight excluding hydrogens is 267 g/mol. The first kappa shape index (κ1) is 13.4. The van der Waals surface area contributed by atoms with Crippen LogP contribution in [0.25, 0.3) is 0 Å². The number of nitrogens with two attached hydrogens (primary N) is 1. The molecule has 1 aromatic rings. The van der Waals surface area contributed by atoms with Crippen LogP contribution in [0.1, 0.15) is 18.4 Å². The number of hydrogen-bond acceptors (Lipinski definition) is 3. The number of hydrogen-bond donors (Lipinski definition) is 1. The zero-order valence-corrected chi connectivity index (χ0v) is 10.3. The lowest BCUT2D eigenvalue weighted by Gasteiger charge is -2.32. The molecule has 0 amide bonds. The van der Waals surface area contributed by atoms with Crippen molar-refractivity contribution >= 4 is 17.4 Å². The highest BCUT2D eigenvalue weighted by molar-refractivity contribution is 6.33. The normalized spacial score (nSPS) is 21.2. The molecule has 0 aromatic carbocycles. The molecule has 2 N–H and O–H groups in total. The van der Waals surface area contributed by atoms with Gasteiger partial charge in [0.2, 0.25) is 0 Å². The molecule has 0 bridgehead atoms. The topological polar surface area (TPSA) is 42.1 Å². The van der Waals surface area contributed by atoms with E-state index < -0.39 is 11.7 Å². The molecule has 3 nitrogen and oxygen atoms in total. The van der Waals surface area contributed by atoms with Gasteiger partial charge in [-0.05, 0) is 18.9 Å². The zero-order chi connectivity index (χ0) is 13.3. The quantitative estimate of drug-likeness (QED) is 0.859. The van der Waals surface area contributed by atoms with Crippen molar-refractivity contribution in [1.29, 1.82) is 0 Å². The molecule has 1 aromatic heterocycles. The van der Waals surface area contributed by atoms with E-state index in [-0.39, 0.29) is 11.1 Å². The Kier molecular flexibility index (Phi) is 3.68. The maximum absolute atomic E-state index is 12.5. The molecule has 1 saturated heterocycles. The lowest BCUT2D eigenvalue weighted by atomic mass is 10.1. The molecule has 0 radical (unpaired) electrons. The number of pyridine rings is 1. The molecular formula is C11H13ClF3N3. The van der Waals surface area contributed by atoms with Gasteiger partial charge in [-0.3, -0.25) is 0 Å². The first-order valence-corrected chi connectivity index (χ1v) is 5.99. The highest BCUT2D eigenvalue weighted by Crippen LogP contribution is 2.34. The van der Waals surface area contributed by atoms with E-state index in [1.807, 2.05) is 4.90 Å². The molecule has 0 spiro atoms. The van der Waals surface area contributed by atoms with Crippen molar-refractivity contribution in [2.24, 2.45) is 5.73 Å². The standard InChI is InChI=1S/C11H13ClF3N3/c12-9-4-7(11(13,14)15)5-17-10(9)18-3-1-2-8(16)6-18/h4-5,8H,1-3,6,16H2/t8-/m0/s1. The molecule has 18 heavy (non-hydrogen) atoms. The monoisotopic (exact) mass is 279 g/mol. The van der Waals surface area contributed by atoms with E-state index in [1.165, 1.54) is 0 Å². The SMILES string of the molecule is N[C@H]1CCCN(c2ncc(C(F)(F)F)cc2Cl)C1. The van der Waals surface area contributed by atoms with Crippen LogP contribution in [0.2, 0.25) is 5.02 Å². The van der Waals surface area contributed by atoms with Gasteiger partial charge >= 0.3 is 6.18 Å². The summed E-state index contributed by atoms with van der Waals surface area (Å²) in [6, 6.07) is 0.920. The van der Waals surface area contributed by atoms with Crippen molar-refractivity contribution in [1.82, 2.24) is 4.98 Å². The average molecular weight is 280 g/mol. The minimum absolute atomic E-state index is 0.0129. The van der Waals surface area contributed by atoms with Crippen molar-refractivity contribution in [3.63, 3.8) is 0 Å². The third-order valence-corrected chi connectivity index (χ3v) is 3.18. The maximum atomic E-state index is 12.5. The Morgan fingerprint density at radius 2 is 2.17 bits per heavy atom. The van der Waals surface area contributed by atoms with E-state index >= 15 is 0 Å². The fourth-order valence-electron chi connectivity index (χ4n) is 2.02. The van der Waals surface area contributed by atoms with Gasteiger partial charge in [0.05, 0.1) is 10.6 Å². The second-order valence-corrected chi connectivity index (χ2v) is 4.78. The predicted octanol–water partition coefficient (Wildman–Crippen LogP) is 2.68. The Morgan fingerprint density at radius 3 is 2.72 bits per heavy atom. The van der Waals surface area contributed by atoms with Crippen LogP contribution in [0.4, 0.5) is 19.0 Å². The lowest BCUT2D eigenvalue weighted by Crippen LogP contribution is -2.43. The van der Waals surface area contributed by atoms with Gasteiger partial charge in [-0.2, -0.15) is 13.2 Å². The molecule has 1 fully saturated rings. The number of rotatable bonds is 1. The second kappa shape index (κ2) is 4.93. The summed E-state index contributed by atoms with van der Waals surface area (Å²) < 4.78 is 37.4. The molecule has 2 rings (SSSR count). The zero-order valence-electron chi connectivity index (χ0n) is 9.54. The molecule has 0 saturated carbocycles. The largest absolute Gasteiger partial charge is 0.417 e. The van der Waals surface area contributed by atoms with Crippen LogP contribution in [0.3, 0.4) is 0 Å². The number of nitrogens with zero attached hydrogens (tertiary/aromatic N) is 2. The Labute approximate surface area is 108 Å². The van der Waals surface area contributed by atoms with Gasteiger partial charge in [-0.15, -0.1) is 0 Å². The van der Waals surface area contributed by atoms with E-state index in [0.717, 1.165) is 25.1 Å². The van der Waals surface area contributed by atoms with Crippen LogP contribution in [-0.2, 0) is 6.18 Å². The number of anilines is 1. The smallest absolute Gasteiger partial charge is 0.354 e. The Balaban J connectivity index is 2.24. The summed E-state index contributed by atoms with van der Waals surface area (Å²) in [5, 5.41) is 0.0129. The minimum Gasteiger partial charge on any atom is -0.354 e. The molecule has 1 aliphatic heterocycles. The predicted molar refractivity (Wildman–Crippen MR) is 63.7 cm³/mol. The first-order chi connectivity index (χ1) is 8.38. The van der Waals surface area contributed by atoms with Gasteiger partial charge < -0.3 is 10.6 Å². The summed E-state index contributed by atoms with van der Waals surface area (Å²) in [5.74, 6) is 0.375. The van der Waals surface area contributed by atoms with Crippen LogP contribution in [-0.4, -0.2) is 24.1 Å². The van der Waals surface area contributed by atoms with E-state index in [4.69, 9.17) is 17.3 Å². The van der Waals surface area contributed by atoms with Gasteiger partial charge in [0.25, 0.3) is 0 Å². The fraction of sp³-hybridized carbons (Fsp3) is 0.545. The minimum atomic E-state index is -4.42. The van der Waals surface area contributed by atoms with E-state index in [2.05, 4.69) is 4.98 Å². The van der Waals surface area contributed by atoms with E-state index in [9.17, 15) is 13.2 Å². The van der Waals surface area contributed by atoms with Crippen molar-refractivity contribution in [3.8, 4) is 0 Å². The highest BCUT2D eigenvalue weighted by Gasteiger charge is 2.32. The van der Waals surface area contributed by atoms with Crippen molar-refractivity contribution in [2.45, 2.75) is 25.1 Å². The Bertz CT molecular complexity index is 436. The van der Waals surface area contributed by atoms with Crippen LogP contribution >= 0.6 is 11.6 Å². The summed E-state index contributed by atoms with van der Waals surface area (Å²) in [5.41, 5.74) is 4.98. The van der Waals surface area contributed by atoms with Gasteiger partial charge in [0.1, 0.15) is 5.82 Å². The summed E-state index contributed by atoms with van der Waals surface area (Å²) >= 11 is 5.87. The van der Waals surface area contributed by atoms with Gasteiger partial charge in [0.15, 0.2) is 0 Å². The van der Waals surface area contributed by atoms with Gasteiger partial charge in [-0.25, -0.2) is 4.98 Å².